The van der Waals surface area contributed by atoms with Crippen molar-refractivity contribution in [3.05, 3.63) is 0 Å². The molecule has 1 unspecified atom stereocenters. The zero-order chi connectivity index (χ0) is 5.78. The Morgan fingerprint density at radius 2 is 2.62 bits per heavy atom. The maximum atomic E-state index is 10.3. The lowest BCUT2D eigenvalue weighted by atomic mass is 10.1. The molecule has 1 saturated heterocycles. The third-order valence-electron chi connectivity index (χ3n) is 2.15. The summed E-state index contributed by atoms with van der Waals surface area (Å²) in [6.45, 7) is 0.909. The zero-order valence-electron chi connectivity index (χ0n) is 4.35. The van der Waals surface area contributed by atoms with Gasteiger partial charge in [0, 0.05) is 12.5 Å². The predicted octanol–water partition coefficient (Wildman–Crippen LogP) is -0.567. The normalized spacial score (nSPS) is 49.2. The molecule has 8 heavy (non-hydrogen) atoms. The van der Waals surface area contributed by atoms with Gasteiger partial charge in [-0.2, -0.15) is 0 Å². The van der Waals surface area contributed by atoms with Gasteiger partial charge < -0.3 is 10.4 Å². The van der Waals surface area contributed by atoms with E-state index < -0.39 is 11.5 Å². The number of fused-ring (bicyclic) bond motifs is 1. The van der Waals surface area contributed by atoms with Crippen molar-refractivity contribution >= 4 is 5.97 Å². The van der Waals surface area contributed by atoms with Gasteiger partial charge in [0.1, 0.15) is 5.54 Å². The highest BCUT2D eigenvalue weighted by Gasteiger charge is 2.67. The van der Waals surface area contributed by atoms with Gasteiger partial charge in [-0.15, -0.1) is 0 Å². The molecule has 2 aliphatic rings. The molecule has 0 aromatic rings. The van der Waals surface area contributed by atoms with Gasteiger partial charge in [0.15, 0.2) is 0 Å². The number of hydrogen-bond donors (Lipinski definition) is 2. The molecule has 2 atom stereocenters. The van der Waals surface area contributed by atoms with E-state index in [1.165, 1.54) is 0 Å². The van der Waals surface area contributed by atoms with Crippen molar-refractivity contribution in [2.45, 2.75) is 12.0 Å². The summed E-state index contributed by atoms with van der Waals surface area (Å²) < 4.78 is 0. The Morgan fingerprint density at radius 1 is 1.88 bits per heavy atom. The summed E-state index contributed by atoms with van der Waals surface area (Å²) in [5.41, 5.74) is -0.444. The first-order chi connectivity index (χ1) is 3.76. The maximum Gasteiger partial charge on any atom is 0.324 e. The predicted molar refractivity (Wildman–Crippen MR) is 26.5 cm³/mol. The molecule has 44 valence electrons. The second-order valence-corrected chi connectivity index (χ2v) is 2.56. The highest BCUT2D eigenvalue weighted by atomic mass is 16.4. The number of aliphatic carboxylic acids is 1. The van der Waals surface area contributed by atoms with Gasteiger partial charge in [-0.25, -0.2) is 0 Å². The Hall–Kier alpha value is -0.570. The minimum absolute atomic E-state index is 0.444. The van der Waals surface area contributed by atoms with Gasteiger partial charge in [0.05, 0.1) is 0 Å². The van der Waals surface area contributed by atoms with E-state index in [0.29, 0.717) is 5.92 Å². The minimum Gasteiger partial charge on any atom is -0.480 e. The van der Waals surface area contributed by atoms with Crippen LogP contribution in [0.15, 0.2) is 0 Å². The van der Waals surface area contributed by atoms with E-state index in [9.17, 15) is 4.79 Å². The second kappa shape index (κ2) is 0.910. The Balaban J connectivity index is 2.18. The third-order valence-corrected chi connectivity index (χ3v) is 2.15. The Labute approximate surface area is 46.7 Å². The van der Waals surface area contributed by atoms with E-state index in [1.54, 1.807) is 0 Å². The third kappa shape index (κ3) is 0.255. The molecule has 1 saturated carbocycles. The summed E-state index contributed by atoms with van der Waals surface area (Å²) in [6, 6.07) is 0. The Morgan fingerprint density at radius 3 is 2.62 bits per heavy atom. The highest BCUT2D eigenvalue weighted by Crippen LogP contribution is 2.50. The van der Waals surface area contributed by atoms with Crippen molar-refractivity contribution in [2.24, 2.45) is 5.92 Å². The molecule has 0 radical (unpaired) electrons. The van der Waals surface area contributed by atoms with E-state index in [-0.39, 0.29) is 0 Å². The lowest BCUT2D eigenvalue weighted by Gasteiger charge is -2.22. The summed E-state index contributed by atoms with van der Waals surface area (Å²) in [4.78, 5) is 10.3. The van der Waals surface area contributed by atoms with Crippen molar-refractivity contribution in [2.75, 3.05) is 6.54 Å². The molecule has 3 heteroatoms. The topological polar surface area (TPSA) is 49.3 Å². The molecular weight excluding hydrogens is 106 g/mol. The average Bonchev–Trinajstić information content (AvgIpc) is 2.10. The standard InChI is InChI=1S/C5H7NO2/c7-4(8)5-1-3(5)2-6-5/h3,6H,1-2H2,(H,7,8)/t3?,5-/m0/s1. The van der Waals surface area contributed by atoms with Gasteiger partial charge in [0.2, 0.25) is 0 Å². The lowest BCUT2D eigenvalue weighted by Crippen LogP contribution is -2.51. The molecule has 0 spiro atoms. The monoisotopic (exact) mass is 113 g/mol. The minimum atomic E-state index is -0.672. The smallest absolute Gasteiger partial charge is 0.324 e. The largest absolute Gasteiger partial charge is 0.480 e. The first-order valence-electron chi connectivity index (χ1n) is 2.74. The number of carbonyl (C=O) groups is 1. The zero-order valence-corrected chi connectivity index (χ0v) is 4.35. The van der Waals surface area contributed by atoms with Crippen LogP contribution in [-0.2, 0) is 4.79 Å². The van der Waals surface area contributed by atoms with Gasteiger partial charge >= 0.3 is 5.97 Å². The van der Waals surface area contributed by atoms with Crippen LogP contribution in [-0.4, -0.2) is 23.2 Å². The van der Waals surface area contributed by atoms with Crippen LogP contribution in [0.3, 0.4) is 0 Å². The molecule has 0 bridgehead atoms. The quantitative estimate of drug-likeness (QED) is 0.479. The SMILES string of the molecule is O=C(O)[C@]12CC1CN2. The van der Waals surface area contributed by atoms with Gasteiger partial charge in [0.25, 0.3) is 0 Å². The Bertz CT molecular complexity index is 153. The summed E-state index contributed by atoms with van der Waals surface area (Å²) in [5, 5.41) is 11.4. The Kier molecular flexibility index (Phi) is 0.492. The lowest BCUT2D eigenvalue weighted by molar-refractivity contribution is -0.142. The van der Waals surface area contributed by atoms with Gasteiger partial charge in [-0.3, -0.25) is 4.79 Å². The number of carboxylic acids is 1. The van der Waals surface area contributed by atoms with Crippen LogP contribution in [0.5, 0.6) is 0 Å². The van der Waals surface area contributed by atoms with Crippen molar-refractivity contribution in [3.8, 4) is 0 Å². The highest BCUT2D eigenvalue weighted by molar-refractivity contribution is 5.85. The van der Waals surface area contributed by atoms with Crippen LogP contribution < -0.4 is 5.32 Å². The molecule has 2 rings (SSSR count). The number of carboxylic acid groups (broad SMARTS) is 1. The van der Waals surface area contributed by atoms with Crippen molar-refractivity contribution in [1.29, 1.82) is 0 Å². The molecule has 0 aromatic carbocycles. The van der Waals surface area contributed by atoms with Crippen molar-refractivity contribution < 1.29 is 9.90 Å². The first-order valence-corrected chi connectivity index (χ1v) is 2.74. The van der Waals surface area contributed by atoms with Crippen LogP contribution in [0.25, 0.3) is 0 Å². The number of nitrogens with one attached hydrogen (secondary N) is 1. The number of hydrogen-bond acceptors (Lipinski definition) is 2. The van der Waals surface area contributed by atoms with Gasteiger partial charge in [-0.05, 0) is 6.42 Å². The van der Waals surface area contributed by atoms with Crippen LogP contribution in [0.2, 0.25) is 0 Å². The van der Waals surface area contributed by atoms with E-state index in [2.05, 4.69) is 5.32 Å². The number of rotatable bonds is 1. The van der Waals surface area contributed by atoms with E-state index >= 15 is 0 Å². The fraction of sp³-hybridized carbons (Fsp3) is 0.800. The summed E-state index contributed by atoms with van der Waals surface area (Å²) in [7, 11) is 0. The molecule has 1 heterocycles. The van der Waals surface area contributed by atoms with Crippen LogP contribution in [0.1, 0.15) is 6.42 Å². The molecule has 1 aliphatic heterocycles. The van der Waals surface area contributed by atoms with Gasteiger partial charge in [-0.1, -0.05) is 0 Å². The molecular formula is C5H7NO2. The molecule has 0 amide bonds. The van der Waals surface area contributed by atoms with E-state index in [1.807, 2.05) is 0 Å². The fourth-order valence-electron chi connectivity index (χ4n) is 1.30. The fourth-order valence-corrected chi connectivity index (χ4v) is 1.30. The molecule has 2 fully saturated rings. The second-order valence-electron chi connectivity index (χ2n) is 2.56. The molecule has 1 aliphatic carbocycles. The van der Waals surface area contributed by atoms with E-state index in [0.717, 1.165) is 13.0 Å². The molecule has 0 aromatic heterocycles. The van der Waals surface area contributed by atoms with Crippen LogP contribution in [0.4, 0.5) is 0 Å². The summed E-state index contributed by atoms with van der Waals surface area (Å²) >= 11 is 0. The summed E-state index contributed by atoms with van der Waals surface area (Å²) in [5.74, 6) is -0.214. The van der Waals surface area contributed by atoms with Crippen LogP contribution >= 0.6 is 0 Å². The summed E-state index contributed by atoms with van der Waals surface area (Å²) in [6.07, 6.45) is 0.850. The van der Waals surface area contributed by atoms with Crippen molar-refractivity contribution in [3.63, 3.8) is 0 Å². The molecule has 2 N–H and O–H groups in total. The maximum absolute atomic E-state index is 10.3. The van der Waals surface area contributed by atoms with E-state index in [4.69, 9.17) is 5.11 Å². The van der Waals surface area contributed by atoms with Crippen molar-refractivity contribution in [1.82, 2.24) is 5.32 Å². The first kappa shape index (κ1) is 4.32. The van der Waals surface area contributed by atoms with Crippen LogP contribution in [0, 0.1) is 5.92 Å². The average molecular weight is 113 g/mol. The molecule has 3 nitrogen and oxygen atoms in total.